The Kier molecular flexibility index (Phi) is 11.1. The van der Waals surface area contributed by atoms with E-state index in [9.17, 15) is 49.5 Å². The number of anilines is 3. The van der Waals surface area contributed by atoms with Crippen molar-refractivity contribution in [3.05, 3.63) is 87.7 Å². The lowest BCUT2D eigenvalue weighted by Crippen LogP contribution is -2.20. The molecule has 1 saturated carbocycles. The first-order valence-electron chi connectivity index (χ1n) is 13.3. The van der Waals surface area contributed by atoms with Gasteiger partial charge >= 0.3 is 12.4 Å². The van der Waals surface area contributed by atoms with E-state index >= 15 is 4.39 Å². The normalized spacial score (nSPS) is 17.1. The summed E-state index contributed by atoms with van der Waals surface area (Å²) in [6.07, 6.45) is -10.6. The van der Waals surface area contributed by atoms with E-state index in [0.717, 1.165) is 18.2 Å². The van der Waals surface area contributed by atoms with Crippen LogP contribution in [-0.4, -0.2) is 39.7 Å². The molecule has 0 aromatic heterocycles. The van der Waals surface area contributed by atoms with Crippen molar-refractivity contribution in [1.29, 1.82) is 0 Å². The molecule has 0 aliphatic heterocycles. The molecule has 3 N–H and O–H groups in total. The predicted octanol–water partition coefficient (Wildman–Crippen LogP) is 9.18. The number of alkyl halides is 8. The number of hydrogen-bond acceptors (Lipinski definition) is 4. The van der Waals surface area contributed by atoms with Gasteiger partial charge in [-0.05, 0) is 48.0 Å². The summed E-state index contributed by atoms with van der Waals surface area (Å²) >= 11 is 19.1. The first kappa shape index (κ1) is 37.5. The van der Waals surface area contributed by atoms with Gasteiger partial charge in [-0.2, -0.15) is 38.1 Å². The molecule has 0 bridgehead atoms. The van der Waals surface area contributed by atoms with Crippen LogP contribution in [0.2, 0.25) is 5.02 Å². The van der Waals surface area contributed by atoms with E-state index < -0.39 is 98.6 Å². The fraction of sp³-hybridized carbons (Fsp3) is 0.276. The smallest absolute Gasteiger partial charge is 0.326 e. The fourth-order valence-electron chi connectivity index (χ4n) is 4.50. The summed E-state index contributed by atoms with van der Waals surface area (Å²) in [5.74, 6) is -10.6. The molecule has 48 heavy (non-hydrogen) atoms. The van der Waals surface area contributed by atoms with E-state index in [1.807, 2.05) is 5.32 Å². The second-order valence-corrected chi connectivity index (χ2v) is 13.2. The van der Waals surface area contributed by atoms with Gasteiger partial charge in [0.1, 0.15) is 21.7 Å². The Morgan fingerprint density at radius 2 is 1.52 bits per heavy atom. The maximum Gasteiger partial charge on any atom is 0.419 e. The van der Waals surface area contributed by atoms with Gasteiger partial charge in [0.25, 0.3) is 5.91 Å². The molecule has 3 aromatic rings. The van der Waals surface area contributed by atoms with Crippen molar-refractivity contribution in [3.63, 3.8) is 0 Å². The maximum absolute atomic E-state index is 15.1. The third-order valence-electron chi connectivity index (χ3n) is 6.84. The fourth-order valence-corrected chi connectivity index (χ4v) is 6.31. The van der Waals surface area contributed by atoms with Crippen LogP contribution in [-0.2, 0) is 15.8 Å². The van der Waals surface area contributed by atoms with E-state index in [1.54, 1.807) is 0 Å². The predicted molar refractivity (Wildman–Crippen MR) is 163 cm³/mol. The highest BCUT2D eigenvalue weighted by molar-refractivity contribution is 7.99. The van der Waals surface area contributed by atoms with Gasteiger partial charge in [-0.1, -0.05) is 17.7 Å². The molecule has 1 aliphatic rings. The van der Waals surface area contributed by atoms with E-state index in [2.05, 4.69) is 10.6 Å². The molecule has 0 heterocycles. The monoisotopic (exact) mass is 765 g/mol. The van der Waals surface area contributed by atoms with E-state index in [4.69, 9.17) is 34.8 Å². The van der Waals surface area contributed by atoms with Crippen LogP contribution >= 0.6 is 46.6 Å². The molecule has 3 amide bonds. The third-order valence-corrected chi connectivity index (χ3v) is 9.07. The largest absolute Gasteiger partial charge is 0.419 e. The number of rotatable bonds is 10. The van der Waals surface area contributed by atoms with Crippen LogP contribution in [0.4, 0.5) is 56.6 Å². The summed E-state index contributed by atoms with van der Waals surface area (Å²) in [5.41, 5.74) is -3.74. The lowest BCUT2D eigenvalue weighted by molar-refractivity contribution is -0.140. The summed E-state index contributed by atoms with van der Waals surface area (Å²) < 4.78 is 118. The van der Waals surface area contributed by atoms with Crippen molar-refractivity contribution < 1.29 is 53.9 Å². The zero-order valence-corrected chi connectivity index (χ0v) is 26.6. The molecule has 4 rings (SSSR count). The SMILES string of the molecule is O=C(CSCCC(F)(F)F)Nc1c(F)ccc(NC(=O)c2cc(NC(=O)[C@H]3[C@H](c4ccc(F)c(C(F)(F)F)c4)C3(Cl)Cl)ccc2Cl)c1F. The topological polar surface area (TPSA) is 87.3 Å². The van der Waals surface area contributed by atoms with Crippen molar-refractivity contribution in [2.75, 3.05) is 27.5 Å². The molecule has 1 fully saturated rings. The van der Waals surface area contributed by atoms with Gasteiger partial charge in [0.05, 0.1) is 39.9 Å². The highest BCUT2D eigenvalue weighted by Gasteiger charge is 2.67. The second-order valence-electron chi connectivity index (χ2n) is 10.3. The Hall–Kier alpha value is -3.34. The molecule has 0 saturated heterocycles. The second kappa shape index (κ2) is 14.3. The lowest BCUT2D eigenvalue weighted by Gasteiger charge is -2.13. The Balaban J connectivity index is 1.45. The van der Waals surface area contributed by atoms with Crippen LogP contribution in [0, 0.1) is 23.4 Å². The zero-order chi connectivity index (χ0) is 35.8. The highest BCUT2D eigenvalue weighted by atomic mass is 35.5. The van der Waals surface area contributed by atoms with Crippen molar-refractivity contribution >= 4 is 81.3 Å². The molecule has 2 atom stereocenters. The number of amides is 3. The van der Waals surface area contributed by atoms with Gasteiger partial charge in [0.2, 0.25) is 11.8 Å². The molecule has 0 radical (unpaired) electrons. The summed E-state index contributed by atoms with van der Waals surface area (Å²) in [4.78, 5) is 38.1. The number of carbonyl (C=O) groups is 3. The molecule has 19 heteroatoms. The number of benzene rings is 3. The van der Waals surface area contributed by atoms with Crippen LogP contribution in [0.1, 0.15) is 33.8 Å². The Labute approximate surface area is 284 Å². The molecule has 0 spiro atoms. The van der Waals surface area contributed by atoms with E-state index in [-0.39, 0.29) is 21.8 Å². The number of nitrogens with one attached hydrogen (secondary N) is 3. The lowest BCUT2D eigenvalue weighted by atomic mass is 10.0. The molecule has 1 aliphatic carbocycles. The average molecular weight is 767 g/mol. The van der Waals surface area contributed by atoms with Gasteiger partial charge in [-0.3, -0.25) is 14.4 Å². The maximum atomic E-state index is 15.1. The van der Waals surface area contributed by atoms with E-state index in [0.29, 0.717) is 30.0 Å². The molecular formula is C29H19Cl3F9N3O3S. The van der Waals surface area contributed by atoms with Crippen LogP contribution < -0.4 is 16.0 Å². The summed E-state index contributed by atoms with van der Waals surface area (Å²) in [7, 11) is 0. The third kappa shape index (κ3) is 8.81. The number of hydrogen-bond donors (Lipinski definition) is 3. The van der Waals surface area contributed by atoms with Crippen LogP contribution in [0.5, 0.6) is 0 Å². The molecule has 0 unspecified atom stereocenters. The van der Waals surface area contributed by atoms with Gasteiger partial charge in [-0.25, -0.2) is 13.2 Å². The van der Waals surface area contributed by atoms with Gasteiger partial charge in [0, 0.05) is 17.4 Å². The first-order chi connectivity index (χ1) is 22.2. The summed E-state index contributed by atoms with van der Waals surface area (Å²) in [5, 5.41) is 6.25. The Bertz CT molecular complexity index is 1760. The molecular weight excluding hydrogens is 748 g/mol. The van der Waals surface area contributed by atoms with E-state index in [1.165, 1.54) is 12.1 Å². The van der Waals surface area contributed by atoms with Crippen molar-refractivity contribution in [3.8, 4) is 0 Å². The number of halogens is 12. The molecule has 6 nitrogen and oxygen atoms in total. The Morgan fingerprint density at radius 1 is 0.854 bits per heavy atom. The summed E-state index contributed by atoms with van der Waals surface area (Å²) in [6, 6.07) is 7.08. The minimum Gasteiger partial charge on any atom is -0.326 e. The number of carbonyl (C=O) groups excluding carboxylic acids is 3. The zero-order valence-electron chi connectivity index (χ0n) is 23.6. The van der Waals surface area contributed by atoms with Gasteiger partial charge in [0.15, 0.2) is 5.82 Å². The van der Waals surface area contributed by atoms with Crippen molar-refractivity contribution in [2.24, 2.45) is 5.92 Å². The Morgan fingerprint density at radius 3 is 2.17 bits per heavy atom. The van der Waals surface area contributed by atoms with Crippen molar-refractivity contribution in [2.45, 2.75) is 29.0 Å². The average Bonchev–Trinajstić information content (AvgIpc) is 3.56. The van der Waals surface area contributed by atoms with Crippen LogP contribution in [0.15, 0.2) is 48.5 Å². The number of thioether (sulfide) groups is 1. The minimum absolute atomic E-state index is 0.0741. The first-order valence-corrected chi connectivity index (χ1v) is 15.6. The van der Waals surface area contributed by atoms with Crippen LogP contribution in [0.3, 0.4) is 0 Å². The van der Waals surface area contributed by atoms with Crippen LogP contribution in [0.25, 0.3) is 0 Å². The molecule has 258 valence electrons. The minimum atomic E-state index is -5.03. The standard InChI is InChI=1S/C29H19Cl3F9N3O3S/c30-16-3-2-13(42-26(47)22-21(28(22,31)32)12-1-4-17(33)15(9-12)29(39,40)41)10-14(16)25(46)43-19-6-5-18(34)24(23(19)35)44-20(45)11-48-8-7-27(36,37)38/h1-6,9-10,21-22H,7-8,11H2,(H,42,47)(H,43,46)(H,44,45)/t21-,22+/m0/s1. The quantitative estimate of drug-likeness (QED) is 0.109. The van der Waals surface area contributed by atoms with Gasteiger partial charge < -0.3 is 16.0 Å². The molecule has 3 aromatic carbocycles. The highest BCUT2D eigenvalue weighted by Crippen LogP contribution is 2.65. The van der Waals surface area contributed by atoms with Gasteiger partial charge in [-0.15, -0.1) is 23.2 Å². The summed E-state index contributed by atoms with van der Waals surface area (Å²) in [6.45, 7) is 0. The van der Waals surface area contributed by atoms with Crippen molar-refractivity contribution in [1.82, 2.24) is 0 Å².